The highest BCUT2D eigenvalue weighted by Gasteiger charge is 2.01. The second kappa shape index (κ2) is 4.45. The van der Waals surface area contributed by atoms with Crippen LogP contribution in [0.15, 0.2) is 54.9 Å². The Kier molecular flexibility index (Phi) is 2.65. The van der Waals surface area contributed by atoms with Crippen LogP contribution in [-0.2, 0) is 0 Å². The van der Waals surface area contributed by atoms with E-state index in [1.54, 1.807) is 0 Å². The summed E-state index contributed by atoms with van der Waals surface area (Å²) in [6.07, 6.45) is 3.63. The third-order valence-corrected chi connectivity index (χ3v) is 2.85. The van der Waals surface area contributed by atoms with E-state index in [0.29, 0.717) is 0 Å². The second-order valence-electron chi connectivity index (χ2n) is 4.19. The number of nitrogens with zero attached hydrogens (tertiary/aromatic N) is 2. The van der Waals surface area contributed by atoms with Crippen molar-refractivity contribution in [3.8, 4) is 0 Å². The standard InChI is InChI=1S/C15H13N3/c1-11-6-7-13(10-17-11)18-15-14-5-3-2-4-12(14)8-9-16-15/h2-10H,1H3,(H,16,18). The minimum absolute atomic E-state index is 0.860. The Bertz CT molecular complexity index is 669. The van der Waals surface area contributed by atoms with Crippen LogP contribution in [0.3, 0.4) is 0 Å². The van der Waals surface area contributed by atoms with Gasteiger partial charge in [-0.25, -0.2) is 4.98 Å². The van der Waals surface area contributed by atoms with Crippen LogP contribution in [0.1, 0.15) is 5.69 Å². The lowest BCUT2D eigenvalue weighted by Gasteiger charge is -2.08. The van der Waals surface area contributed by atoms with E-state index >= 15 is 0 Å². The van der Waals surface area contributed by atoms with Crippen molar-refractivity contribution in [3.63, 3.8) is 0 Å². The Labute approximate surface area is 106 Å². The summed E-state index contributed by atoms with van der Waals surface area (Å²) < 4.78 is 0. The topological polar surface area (TPSA) is 37.8 Å². The molecule has 3 rings (SSSR count). The maximum atomic E-state index is 4.39. The summed E-state index contributed by atoms with van der Waals surface area (Å²) in [6, 6.07) is 14.2. The van der Waals surface area contributed by atoms with Gasteiger partial charge in [0.05, 0.1) is 11.9 Å². The molecule has 3 nitrogen and oxygen atoms in total. The van der Waals surface area contributed by atoms with Crippen LogP contribution in [0.5, 0.6) is 0 Å². The first-order valence-electron chi connectivity index (χ1n) is 5.86. The van der Waals surface area contributed by atoms with Crippen molar-refractivity contribution >= 4 is 22.3 Å². The van der Waals surface area contributed by atoms with Gasteiger partial charge in [0.25, 0.3) is 0 Å². The fraction of sp³-hybridized carbons (Fsp3) is 0.0667. The maximum absolute atomic E-state index is 4.39. The van der Waals surface area contributed by atoms with Crippen molar-refractivity contribution in [2.45, 2.75) is 6.92 Å². The van der Waals surface area contributed by atoms with Gasteiger partial charge in [0.2, 0.25) is 0 Å². The SMILES string of the molecule is Cc1ccc(Nc2nccc3ccccc23)cn1. The molecule has 0 radical (unpaired) electrons. The average molecular weight is 235 g/mol. The summed E-state index contributed by atoms with van der Waals surface area (Å²) in [5, 5.41) is 5.59. The highest BCUT2D eigenvalue weighted by atomic mass is 15.0. The predicted octanol–water partition coefficient (Wildman–Crippen LogP) is 3.68. The van der Waals surface area contributed by atoms with Crippen LogP contribution in [0.25, 0.3) is 10.8 Å². The van der Waals surface area contributed by atoms with E-state index in [2.05, 4.69) is 27.4 Å². The van der Waals surface area contributed by atoms with Gasteiger partial charge in [-0.1, -0.05) is 24.3 Å². The van der Waals surface area contributed by atoms with Crippen LogP contribution >= 0.6 is 0 Å². The molecule has 2 aromatic heterocycles. The van der Waals surface area contributed by atoms with E-state index in [1.165, 1.54) is 5.39 Å². The van der Waals surface area contributed by atoms with Crippen molar-refractivity contribution in [2.75, 3.05) is 5.32 Å². The molecule has 18 heavy (non-hydrogen) atoms. The van der Waals surface area contributed by atoms with Crippen LogP contribution in [0.2, 0.25) is 0 Å². The summed E-state index contributed by atoms with van der Waals surface area (Å²) >= 11 is 0. The zero-order valence-electron chi connectivity index (χ0n) is 10.1. The monoisotopic (exact) mass is 235 g/mol. The molecule has 88 valence electrons. The molecule has 0 fully saturated rings. The summed E-state index contributed by atoms with van der Waals surface area (Å²) in [4.78, 5) is 8.65. The summed E-state index contributed by atoms with van der Waals surface area (Å²) in [5.41, 5.74) is 1.95. The van der Waals surface area contributed by atoms with Crippen molar-refractivity contribution in [3.05, 3.63) is 60.6 Å². The lowest BCUT2D eigenvalue weighted by molar-refractivity contribution is 1.20. The van der Waals surface area contributed by atoms with E-state index in [0.717, 1.165) is 22.6 Å². The minimum Gasteiger partial charge on any atom is -0.338 e. The lowest BCUT2D eigenvalue weighted by Crippen LogP contribution is -1.95. The number of nitrogens with one attached hydrogen (secondary N) is 1. The molecule has 0 bridgehead atoms. The van der Waals surface area contributed by atoms with Gasteiger partial charge in [-0.05, 0) is 30.5 Å². The number of aryl methyl sites for hydroxylation is 1. The Balaban J connectivity index is 2.02. The molecule has 0 unspecified atom stereocenters. The smallest absolute Gasteiger partial charge is 0.138 e. The molecule has 2 heterocycles. The van der Waals surface area contributed by atoms with E-state index < -0.39 is 0 Å². The molecule has 0 atom stereocenters. The number of hydrogen-bond donors (Lipinski definition) is 1. The van der Waals surface area contributed by atoms with Gasteiger partial charge in [0, 0.05) is 17.3 Å². The third-order valence-electron chi connectivity index (χ3n) is 2.85. The van der Waals surface area contributed by atoms with Crippen molar-refractivity contribution < 1.29 is 0 Å². The van der Waals surface area contributed by atoms with Gasteiger partial charge in [-0.15, -0.1) is 0 Å². The molecule has 0 saturated carbocycles. The number of benzene rings is 1. The Hall–Kier alpha value is -2.42. The molecule has 0 aliphatic rings. The molecule has 1 N–H and O–H groups in total. The number of pyridine rings is 2. The highest BCUT2D eigenvalue weighted by molar-refractivity contribution is 5.92. The number of fused-ring (bicyclic) bond motifs is 1. The number of anilines is 2. The first kappa shape index (κ1) is 10.7. The minimum atomic E-state index is 0.860. The van der Waals surface area contributed by atoms with E-state index in [1.807, 2.05) is 49.6 Å². The molecule has 1 aromatic carbocycles. The molecule has 0 spiro atoms. The fourth-order valence-electron chi connectivity index (χ4n) is 1.90. The Morgan fingerprint density at radius 2 is 1.83 bits per heavy atom. The zero-order chi connectivity index (χ0) is 12.4. The highest BCUT2D eigenvalue weighted by Crippen LogP contribution is 2.23. The average Bonchev–Trinajstić information content (AvgIpc) is 2.42. The zero-order valence-corrected chi connectivity index (χ0v) is 10.1. The maximum Gasteiger partial charge on any atom is 0.138 e. The van der Waals surface area contributed by atoms with Gasteiger partial charge >= 0.3 is 0 Å². The summed E-state index contributed by atoms with van der Waals surface area (Å²) in [5.74, 6) is 0.860. The number of aromatic nitrogens is 2. The van der Waals surface area contributed by atoms with E-state index in [9.17, 15) is 0 Å². The molecular formula is C15H13N3. The molecule has 0 aliphatic heterocycles. The summed E-state index contributed by atoms with van der Waals surface area (Å²) in [6.45, 7) is 1.97. The Morgan fingerprint density at radius 3 is 2.67 bits per heavy atom. The van der Waals surface area contributed by atoms with Gasteiger partial charge in [0.1, 0.15) is 5.82 Å². The van der Waals surface area contributed by atoms with Crippen LogP contribution < -0.4 is 5.32 Å². The normalized spacial score (nSPS) is 10.5. The van der Waals surface area contributed by atoms with Crippen LogP contribution in [0, 0.1) is 6.92 Å². The fourth-order valence-corrected chi connectivity index (χ4v) is 1.90. The first-order chi connectivity index (χ1) is 8.83. The molecule has 0 saturated heterocycles. The van der Waals surface area contributed by atoms with Gasteiger partial charge in [-0.3, -0.25) is 4.98 Å². The number of hydrogen-bond acceptors (Lipinski definition) is 3. The van der Waals surface area contributed by atoms with E-state index in [4.69, 9.17) is 0 Å². The van der Waals surface area contributed by atoms with Crippen molar-refractivity contribution in [1.29, 1.82) is 0 Å². The van der Waals surface area contributed by atoms with Crippen molar-refractivity contribution in [1.82, 2.24) is 9.97 Å². The van der Waals surface area contributed by atoms with Crippen molar-refractivity contribution in [2.24, 2.45) is 0 Å². The molecule has 0 amide bonds. The van der Waals surface area contributed by atoms with Gasteiger partial charge in [-0.2, -0.15) is 0 Å². The van der Waals surface area contributed by atoms with Gasteiger partial charge in [0.15, 0.2) is 0 Å². The molecule has 3 aromatic rings. The van der Waals surface area contributed by atoms with E-state index in [-0.39, 0.29) is 0 Å². The molecule has 3 heteroatoms. The van der Waals surface area contributed by atoms with Crippen LogP contribution in [-0.4, -0.2) is 9.97 Å². The summed E-state index contributed by atoms with van der Waals surface area (Å²) in [7, 11) is 0. The third kappa shape index (κ3) is 2.02. The quantitative estimate of drug-likeness (QED) is 0.736. The second-order valence-corrected chi connectivity index (χ2v) is 4.19. The largest absolute Gasteiger partial charge is 0.338 e. The number of rotatable bonds is 2. The first-order valence-corrected chi connectivity index (χ1v) is 5.86. The Morgan fingerprint density at radius 1 is 0.944 bits per heavy atom. The molecular weight excluding hydrogens is 222 g/mol. The molecule has 0 aliphatic carbocycles. The van der Waals surface area contributed by atoms with Gasteiger partial charge < -0.3 is 5.32 Å². The van der Waals surface area contributed by atoms with Crippen LogP contribution in [0.4, 0.5) is 11.5 Å². The lowest BCUT2D eigenvalue weighted by atomic mass is 10.1. The predicted molar refractivity (Wildman–Crippen MR) is 74.0 cm³/mol.